The molecule has 4 nitrogen and oxygen atoms in total. The Morgan fingerprint density at radius 3 is 2.12 bits per heavy atom. The normalized spacial score (nSPS) is 10.2. The molecule has 1 N–H and O–H groups in total. The number of hydrogen-bond acceptors (Lipinski definition) is 3. The molecule has 3 aromatic carbocycles. The highest BCUT2D eigenvalue weighted by Gasteiger charge is 2.06. The van der Waals surface area contributed by atoms with Crippen molar-refractivity contribution in [2.75, 3.05) is 13.2 Å². The van der Waals surface area contributed by atoms with Crippen LogP contribution in [0.25, 0.3) is 11.1 Å². The molecular weight excluding hydrogens is 316 g/mol. The van der Waals surface area contributed by atoms with E-state index in [0.717, 1.165) is 16.9 Å². The van der Waals surface area contributed by atoms with Crippen molar-refractivity contribution < 1.29 is 19.4 Å². The molecule has 3 aromatic rings. The van der Waals surface area contributed by atoms with E-state index in [9.17, 15) is 4.79 Å². The lowest BCUT2D eigenvalue weighted by Gasteiger charge is -2.12. The van der Waals surface area contributed by atoms with E-state index in [1.165, 1.54) is 12.1 Å². The van der Waals surface area contributed by atoms with Crippen LogP contribution in [-0.2, 0) is 0 Å². The molecule has 0 aliphatic heterocycles. The van der Waals surface area contributed by atoms with Crippen LogP contribution in [0.3, 0.4) is 0 Å². The van der Waals surface area contributed by atoms with Crippen LogP contribution in [0.1, 0.15) is 10.4 Å². The lowest BCUT2D eigenvalue weighted by molar-refractivity contribution is 0.0697. The summed E-state index contributed by atoms with van der Waals surface area (Å²) in [6.45, 7) is 0.764. The Labute approximate surface area is 146 Å². The van der Waals surface area contributed by atoms with Crippen molar-refractivity contribution in [3.63, 3.8) is 0 Å². The van der Waals surface area contributed by atoms with Gasteiger partial charge in [0.25, 0.3) is 0 Å². The van der Waals surface area contributed by atoms with Gasteiger partial charge in [-0.1, -0.05) is 48.5 Å². The molecule has 0 amide bonds. The van der Waals surface area contributed by atoms with Gasteiger partial charge in [-0.15, -0.1) is 0 Å². The highest BCUT2D eigenvalue weighted by molar-refractivity contribution is 5.87. The van der Waals surface area contributed by atoms with E-state index >= 15 is 0 Å². The van der Waals surface area contributed by atoms with Crippen LogP contribution >= 0.6 is 0 Å². The predicted octanol–water partition coefficient (Wildman–Crippen LogP) is 4.51. The molecule has 0 fully saturated rings. The van der Waals surface area contributed by atoms with E-state index in [4.69, 9.17) is 14.6 Å². The van der Waals surface area contributed by atoms with E-state index in [1.807, 2.05) is 54.6 Å². The van der Waals surface area contributed by atoms with Gasteiger partial charge in [0.15, 0.2) is 0 Å². The van der Waals surface area contributed by atoms with Crippen LogP contribution in [0.5, 0.6) is 11.5 Å². The summed E-state index contributed by atoms with van der Waals surface area (Å²) < 4.78 is 11.4. The fourth-order valence-corrected chi connectivity index (χ4v) is 2.45. The maximum atomic E-state index is 10.8. The first-order valence-electron chi connectivity index (χ1n) is 7.97. The average Bonchev–Trinajstić information content (AvgIpc) is 2.66. The van der Waals surface area contributed by atoms with Crippen molar-refractivity contribution in [1.82, 2.24) is 0 Å². The predicted molar refractivity (Wildman–Crippen MR) is 96.3 cm³/mol. The zero-order chi connectivity index (χ0) is 17.5. The molecular formula is C21H18O4. The van der Waals surface area contributed by atoms with Crippen LogP contribution in [0, 0.1) is 0 Å². The Kier molecular flexibility index (Phi) is 5.32. The van der Waals surface area contributed by atoms with Gasteiger partial charge in [0.1, 0.15) is 24.7 Å². The first-order chi connectivity index (χ1) is 12.2. The molecule has 0 bridgehead atoms. The minimum atomic E-state index is -0.951. The minimum Gasteiger partial charge on any atom is -0.490 e. The second-order valence-corrected chi connectivity index (χ2v) is 5.39. The minimum absolute atomic E-state index is 0.236. The third-order valence-corrected chi connectivity index (χ3v) is 3.68. The van der Waals surface area contributed by atoms with E-state index in [2.05, 4.69) is 0 Å². The number of hydrogen-bond donors (Lipinski definition) is 1. The summed E-state index contributed by atoms with van der Waals surface area (Å²) in [6, 6.07) is 24.3. The molecule has 0 heterocycles. The summed E-state index contributed by atoms with van der Waals surface area (Å²) in [6.07, 6.45) is 0. The second kappa shape index (κ2) is 8.02. The lowest BCUT2D eigenvalue weighted by Crippen LogP contribution is -2.09. The van der Waals surface area contributed by atoms with E-state index < -0.39 is 5.97 Å². The summed E-state index contributed by atoms with van der Waals surface area (Å²) in [7, 11) is 0. The quantitative estimate of drug-likeness (QED) is 0.646. The molecule has 0 unspecified atom stereocenters. The highest BCUT2D eigenvalue weighted by Crippen LogP contribution is 2.29. The number of ether oxygens (including phenoxy) is 2. The van der Waals surface area contributed by atoms with Gasteiger partial charge in [-0.2, -0.15) is 0 Å². The molecule has 0 saturated carbocycles. The number of carbonyl (C=O) groups is 1. The standard InChI is InChI=1S/C21H18O4/c22-21(23)17-10-12-18(13-11-17)24-14-15-25-20-9-5-4-8-19(20)16-6-2-1-3-7-16/h1-13H,14-15H2,(H,22,23). The van der Waals surface area contributed by atoms with Gasteiger partial charge in [0.2, 0.25) is 0 Å². The molecule has 0 aromatic heterocycles. The third kappa shape index (κ3) is 4.38. The summed E-state index contributed by atoms with van der Waals surface area (Å²) in [5, 5.41) is 8.88. The molecule has 0 radical (unpaired) electrons. The van der Waals surface area contributed by atoms with Gasteiger partial charge in [0, 0.05) is 5.56 Å². The summed E-state index contributed by atoms with van der Waals surface area (Å²) in [4.78, 5) is 10.8. The first-order valence-corrected chi connectivity index (χ1v) is 7.97. The zero-order valence-corrected chi connectivity index (χ0v) is 13.6. The zero-order valence-electron chi connectivity index (χ0n) is 13.6. The lowest BCUT2D eigenvalue weighted by atomic mass is 10.1. The maximum Gasteiger partial charge on any atom is 0.335 e. The molecule has 0 atom stereocenters. The molecule has 25 heavy (non-hydrogen) atoms. The van der Waals surface area contributed by atoms with Gasteiger partial charge in [-0.05, 0) is 35.9 Å². The largest absolute Gasteiger partial charge is 0.490 e. The summed E-state index contributed by atoms with van der Waals surface area (Å²) in [5.41, 5.74) is 2.37. The van der Waals surface area contributed by atoms with Crippen molar-refractivity contribution in [2.45, 2.75) is 0 Å². The van der Waals surface area contributed by atoms with Crippen molar-refractivity contribution in [2.24, 2.45) is 0 Å². The van der Waals surface area contributed by atoms with Crippen LogP contribution in [0.2, 0.25) is 0 Å². The average molecular weight is 334 g/mol. The maximum absolute atomic E-state index is 10.8. The third-order valence-electron chi connectivity index (χ3n) is 3.68. The number of rotatable bonds is 7. The number of aromatic carboxylic acids is 1. The number of para-hydroxylation sites is 1. The summed E-state index contributed by atoms with van der Waals surface area (Å²) in [5.74, 6) is 0.468. The van der Waals surface area contributed by atoms with Crippen LogP contribution < -0.4 is 9.47 Å². The fourth-order valence-electron chi connectivity index (χ4n) is 2.45. The Morgan fingerprint density at radius 2 is 1.40 bits per heavy atom. The first kappa shape index (κ1) is 16.6. The Hall–Kier alpha value is -3.27. The Bertz CT molecular complexity index is 826. The number of carboxylic acids is 1. The Balaban J connectivity index is 1.57. The monoisotopic (exact) mass is 334 g/mol. The van der Waals surface area contributed by atoms with Gasteiger partial charge in [0.05, 0.1) is 5.56 Å². The highest BCUT2D eigenvalue weighted by atomic mass is 16.5. The van der Waals surface area contributed by atoms with Crippen molar-refractivity contribution in [1.29, 1.82) is 0 Å². The van der Waals surface area contributed by atoms with Crippen LogP contribution in [0.4, 0.5) is 0 Å². The van der Waals surface area contributed by atoms with E-state index in [1.54, 1.807) is 12.1 Å². The summed E-state index contributed by atoms with van der Waals surface area (Å²) >= 11 is 0. The van der Waals surface area contributed by atoms with Crippen LogP contribution in [-0.4, -0.2) is 24.3 Å². The van der Waals surface area contributed by atoms with Gasteiger partial charge >= 0.3 is 5.97 Å². The molecule has 3 rings (SSSR count). The smallest absolute Gasteiger partial charge is 0.335 e. The fraction of sp³-hybridized carbons (Fsp3) is 0.0952. The van der Waals surface area contributed by atoms with Crippen molar-refractivity contribution in [3.8, 4) is 22.6 Å². The second-order valence-electron chi connectivity index (χ2n) is 5.39. The molecule has 0 aliphatic carbocycles. The molecule has 0 aliphatic rings. The SMILES string of the molecule is O=C(O)c1ccc(OCCOc2ccccc2-c2ccccc2)cc1. The molecule has 4 heteroatoms. The van der Waals surface area contributed by atoms with Gasteiger partial charge < -0.3 is 14.6 Å². The number of carboxylic acid groups (broad SMARTS) is 1. The number of benzene rings is 3. The molecule has 126 valence electrons. The van der Waals surface area contributed by atoms with Crippen molar-refractivity contribution >= 4 is 5.97 Å². The van der Waals surface area contributed by atoms with E-state index in [-0.39, 0.29) is 5.56 Å². The molecule has 0 spiro atoms. The van der Waals surface area contributed by atoms with E-state index in [0.29, 0.717) is 19.0 Å². The Morgan fingerprint density at radius 1 is 0.760 bits per heavy atom. The van der Waals surface area contributed by atoms with Gasteiger partial charge in [-0.3, -0.25) is 0 Å². The molecule has 0 saturated heterocycles. The topological polar surface area (TPSA) is 55.8 Å². The van der Waals surface area contributed by atoms with Crippen LogP contribution in [0.15, 0.2) is 78.9 Å². The van der Waals surface area contributed by atoms with Gasteiger partial charge in [-0.25, -0.2) is 4.79 Å². The van der Waals surface area contributed by atoms with Crippen molar-refractivity contribution in [3.05, 3.63) is 84.4 Å².